The van der Waals surface area contributed by atoms with Gasteiger partial charge in [-0.05, 0) is 63.6 Å². The lowest BCUT2D eigenvalue weighted by Crippen LogP contribution is -2.60. The first-order valence-corrected chi connectivity index (χ1v) is 18.4. The number of halogens is 3. The third-order valence-corrected chi connectivity index (χ3v) is 11.0. The predicted molar refractivity (Wildman–Crippen MR) is 183 cm³/mol. The Bertz CT molecular complexity index is 1890. The number of rotatable bonds is 10. The molecule has 2 aliphatic carbocycles. The molecule has 1 aliphatic heterocycles. The number of alkyl halides is 3. The Labute approximate surface area is 300 Å². The normalized spacial score (nSPS) is 24.1. The number of alkyl carbamates (subject to hydrolysis) is 1. The second-order valence-corrected chi connectivity index (χ2v) is 17.6. The van der Waals surface area contributed by atoms with Gasteiger partial charge >= 0.3 is 12.3 Å². The fourth-order valence-electron chi connectivity index (χ4n) is 6.30. The van der Waals surface area contributed by atoms with Crippen molar-refractivity contribution in [3.05, 3.63) is 48.7 Å². The van der Waals surface area contributed by atoms with Crippen molar-refractivity contribution in [3.63, 3.8) is 0 Å². The molecule has 3 N–H and O–H groups in total. The summed E-state index contributed by atoms with van der Waals surface area (Å²) in [5, 5.41) is 4.65. The summed E-state index contributed by atoms with van der Waals surface area (Å²) in [6.45, 7) is 13.5. The van der Waals surface area contributed by atoms with E-state index in [1.54, 1.807) is 41.5 Å². The molecular weight excluding hydrogens is 707 g/mol. The molecule has 3 fully saturated rings. The molecule has 3 aliphatic rings. The van der Waals surface area contributed by atoms with Crippen molar-refractivity contribution in [2.24, 2.45) is 11.3 Å². The quantitative estimate of drug-likeness (QED) is 0.301. The topological polar surface area (TPSA) is 173 Å². The number of sulfonamides is 1. The molecule has 284 valence electrons. The minimum atomic E-state index is -4.69. The van der Waals surface area contributed by atoms with E-state index in [4.69, 9.17) is 9.47 Å². The van der Waals surface area contributed by atoms with Crippen molar-refractivity contribution in [1.29, 1.82) is 0 Å². The molecule has 2 aromatic rings. The first kappa shape index (κ1) is 38.8. The summed E-state index contributed by atoms with van der Waals surface area (Å²) in [5.41, 5.74) is -4.77. The highest BCUT2D eigenvalue weighted by molar-refractivity contribution is 7.91. The van der Waals surface area contributed by atoms with E-state index < -0.39 is 91.5 Å². The lowest BCUT2D eigenvalue weighted by molar-refractivity contribution is -0.143. The van der Waals surface area contributed by atoms with Crippen molar-refractivity contribution in [2.45, 2.75) is 108 Å². The van der Waals surface area contributed by atoms with Crippen molar-refractivity contribution in [1.82, 2.24) is 25.2 Å². The zero-order valence-corrected chi connectivity index (χ0v) is 30.6. The van der Waals surface area contributed by atoms with Gasteiger partial charge in [-0.15, -0.1) is 6.58 Å². The molecule has 0 spiro atoms. The van der Waals surface area contributed by atoms with Crippen molar-refractivity contribution in [2.75, 3.05) is 6.54 Å². The highest BCUT2D eigenvalue weighted by Gasteiger charge is 2.62. The van der Waals surface area contributed by atoms with Gasteiger partial charge < -0.3 is 25.0 Å². The Morgan fingerprint density at radius 2 is 1.75 bits per heavy atom. The minimum Gasteiger partial charge on any atom is -0.488 e. The maximum atomic E-state index is 14.4. The molecule has 5 atom stereocenters. The number of carbonyl (C=O) groups excluding carboxylic acids is 4. The van der Waals surface area contributed by atoms with Crippen LogP contribution in [0.15, 0.2) is 43.1 Å². The number of pyridine rings is 1. The van der Waals surface area contributed by atoms with E-state index >= 15 is 0 Å². The zero-order valence-electron chi connectivity index (χ0n) is 29.8. The molecule has 2 saturated carbocycles. The molecule has 5 rings (SSSR count). The van der Waals surface area contributed by atoms with Crippen LogP contribution in [0.1, 0.15) is 72.8 Å². The average Bonchev–Trinajstić information content (AvgIpc) is 3.94. The molecule has 0 bridgehead atoms. The maximum absolute atomic E-state index is 14.4. The highest BCUT2D eigenvalue weighted by atomic mass is 32.2. The SMILES string of the molecule is C=C[C@@H]1C[C@@]1(NC(=O)[C@H]1C[C@@H](Oc2ccnc3c(C(F)(F)F)cccc23)CN1C(=O)[C@@H](NC(=O)OC(C)(C)C)C(C)(C)C)C(=O)NS(=O)(=O)C1CC1. The van der Waals surface area contributed by atoms with Crippen LogP contribution in [-0.4, -0.2) is 83.2 Å². The maximum Gasteiger partial charge on any atom is 0.418 e. The van der Waals surface area contributed by atoms with Gasteiger partial charge in [-0.3, -0.25) is 24.1 Å². The Balaban J connectivity index is 1.47. The molecule has 0 radical (unpaired) electrons. The second kappa shape index (κ2) is 13.5. The van der Waals surface area contributed by atoms with Gasteiger partial charge in [0.25, 0.3) is 5.91 Å². The summed E-state index contributed by atoms with van der Waals surface area (Å²) in [7, 11) is -3.96. The van der Waals surface area contributed by atoms with E-state index in [0.29, 0.717) is 12.8 Å². The fourth-order valence-corrected chi connectivity index (χ4v) is 7.66. The van der Waals surface area contributed by atoms with E-state index in [1.807, 2.05) is 0 Å². The molecule has 52 heavy (non-hydrogen) atoms. The third kappa shape index (κ3) is 8.29. The smallest absolute Gasteiger partial charge is 0.418 e. The lowest BCUT2D eigenvalue weighted by atomic mass is 9.85. The summed E-state index contributed by atoms with van der Waals surface area (Å²) in [6, 6.07) is 2.37. The molecule has 1 saturated heterocycles. The molecule has 13 nitrogen and oxygen atoms in total. The molecule has 2 heterocycles. The van der Waals surface area contributed by atoms with Gasteiger partial charge in [0.05, 0.1) is 22.9 Å². The van der Waals surface area contributed by atoms with Gasteiger partial charge in [0.15, 0.2) is 0 Å². The lowest BCUT2D eigenvalue weighted by Gasteiger charge is -2.36. The number of ether oxygens (including phenoxy) is 2. The second-order valence-electron chi connectivity index (χ2n) is 15.6. The fraction of sp³-hybridized carbons (Fsp3) is 0.571. The first-order chi connectivity index (χ1) is 24.0. The van der Waals surface area contributed by atoms with Crippen LogP contribution in [0.25, 0.3) is 10.9 Å². The van der Waals surface area contributed by atoms with E-state index in [2.05, 4.69) is 26.9 Å². The molecular formula is C35H44F3N5O8S. The number of fused-ring (bicyclic) bond motifs is 1. The number of nitrogens with one attached hydrogen (secondary N) is 3. The number of nitrogens with zero attached hydrogens (tertiary/aromatic N) is 2. The van der Waals surface area contributed by atoms with Crippen LogP contribution in [0.4, 0.5) is 18.0 Å². The number of para-hydroxylation sites is 1. The van der Waals surface area contributed by atoms with Crippen LogP contribution in [-0.2, 0) is 35.3 Å². The van der Waals surface area contributed by atoms with Gasteiger partial charge in [-0.25, -0.2) is 13.2 Å². The van der Waals surface area contributed by atoms with Gasteiger partial charge in [0.1, 0.15) is 35.1 Å². The number of carbonyl (C=O) groups is 4. The number of amides is 4. The summed E-state index contributed by atoms with van der Waals surface area (Å²) in [5.74, 6) is -2.99. The van der Waals surface area contributed by atoms with Gasteiger partial charge in [-0.2, -0.15) is 13.2 Å². The number of hydrogen-bond acceptors (Lipinski definition) is 9. The Morgan fingerprint density at radius 1 is 1.08 bits per heavy atom. The van der Waals surface area contributed by atoms with Crippen molar-refractivity contribution >= 4 is 44.7 Å². The summed E-state index contributed by atoms with van der Waals surface area (Å²) in [4.78, 5) is 60.0. The average molecular weight is 752 g/mol. The standard InChI is InChI=1S/C35H44F3N5O8S/c1-8-19-17-34(19,30(46)42-52(48,49)21-12-13-21)41-28(44)24-16-20(50-25-14-15-39-26-22(25)10-9-11-23(26)35(36,37)38)18-43(24)29(45)27(32(2,3)4)40-31(47)51-33(5,6)7/h8-11,14-15,19-21,24,27H,1,12-13,16-18H2,2-7H3,(H,40,47)(H,41,44)(H,42,46)/t19-,20-,24-,27-,34+/m1/s1. The number of benzene rings is 1. The Kier molecular flexibility index (Phi) is 10.1. The van der Waals surface area contributed by atoms with Gasteiger partial charge in [-0.1, -0.05) is 32.9 Å². The molecule has 17 heteroatoms. The van der Waals surface area contributed by atoms with Gasteiger partial charge in [0.2, 0.25) is 21.8 Å². The van der Waals surface area contributed by atoms with Crippen LogP contribution < -0.4 is 20.1 Å². The Morgan fingerprint density at radius 3 is 2.31 bits per heavy atom. The van der Waals surface area contributed by atoms with Gasteiger partial charge in [0, 0.05) is 23.9 Å². The minimum absolute atomic E-state index is 0.0313. The van der Waals surface area contributed by atoms with E-state index in [1.165, 1.54) is 29.2 Å². The molecule has 0 unspecified atom stereocenters. The summed E-state index contributed by atoms with van der Waals surface area (Å²) in [6.07, 6.45) is -3.22. The Hall–Kier alpha value is -4.41. The monoisotopic (exact) mass is 751 g/mol. The number of hydrogen-bond donors (Lipinski definition) is 3. The highest BCUT2D eigenvalue weighted by Crippen LogP contribution is 2.46. The third-order valence-electron chi connectivity index (χ3n) is 9.20. The van der Waals surface area contributed by atoms with Crippen LogP contribution >= 0.6 is 0 Å². The van der Waals surface area contributed by atoms with Crippen LogP contribution in [0, 0.1) is 11.3 Å². The number of likely N-dealkylation sites (tertiary alicyclic amines) is 1. The molecule has 4 amide bonds. The van der Waals surface area contributed by atoms with Crippen LogP contribution in [0.3, 0.4) is 0 Å². The largest absolute Gasteiger partial charge is 0.488 e. The van der Waals surface area contributed by atoms with Crippen molar-refractivity contribution < 1.29 is 50.2 Å². The zero-order chi connectivity index (χ0) is 38.6. The summed E-state index contributed by atoms with van der Waals surface area (Å²) < 4.78 is 80.3. The number of aromatic nitrogens is 1. The van der Waals surface area contributed by atoms with E-state index in [0.717, 1.165) is 12.3 Å². The first-order valence-electron chi connectivity index (χ1n) is 16.9. The molecule has 1 aromatic heterocycles. The summed E-state index contributed by atoms with van der Waals surface area (Å²) >= 11 is 0. The molecule has 1 aromatic carbocycles. The van der Waals surface area contributed by atoms with Crippen molar-refractivity contribution in [3.8, 4) is 5.75 Å². The van der Waals surface area contributed by atoms with Crippen LogP contribution in [0.5, 0.6) is 5.75 Å². The van der Waals surface area contributed by atoms with Crippen LogP contribution in [0.2, 0.25) is 0 Å². The predicted octanol–water partition coefficient (Wildman–Crippen LogP) is 4.21. The van der Waals surface area contributed by atoms with E-state index in [-0.39, 0.29) is 36.0 Å². The van der Waals surface area contributed by atoms with E-state index in [9.17, 15) is 40.8 Å².